The van der Waals surface area contributed by atoms with Gasteiger partial charge >= 0.3 is 0 Å². The molecule has 2 heterocycles. The number of likely N-dealkylation sites (tertiary alicyclic amines) is 1. The Labute approximate surface area is 160 Å². The van der Waals surface area contributed by atoms with Crippen LogP contribution < -0.4 is 10.0 Å². The molecular formula is C16H19N5O4S2. The summed E-state index contributed by atoms with van der Waals surface area (Å²) in [5, 5.41) is 9.87. The lowest BCUT2D eigenvalue weighted by Crippen LogP contribution is -2.28. The Morgan fingerprint density at radius 2 is 1.89 bits per heavy atom. The quantitative estimate of drug-likeness (QED) is 0.703. The highest BCUT2D eigenvalue weighted by Crippen LogP contribution is 2.25. The Balaban J connectivity index is 1.82. The SMILES string of the molecule is CCC(=O)Nc1nnc(S(=O)(=O)Nc2ccccc2C(=O)N2CCCC2)s1. The molecule has 27 heavy (non-hydrogen) atoms. The van der Waals surface area contributed by atoms with E-state index in [0.717, 1.165) is 24.2 Å². The summed E-state index contributed by atoms with van der Waals surface area (Å²) in [4.78, 5) is 25.8. The maximum atomic E-state index is 12.7. The van der Waals surface area contributed by atoms with E-state index in [1.807, 2.05) is 0 Å². The van der Waals surface area contributed by atoms with Crippen LogP contribution in [-0.2, 0) is 14.8 Å². The fraction of sp³-hybridized carbons (Fsp3) is 0.375. The minimum atomic E-state index is -4.04. The number of benzene rings is 1. The molecule has 0 bridgehead atoms. The van der Waals surface area contributed by atoms with Gasteiger partial charge in [0.05, 0.1) is 11.3 Å². The number of sulfonamides is 1. The van der Waals surface area contributed by atoms with Crippen molar-refractivity contribution in [2.45, 2.75) is 30.5 Å². The molecule has 1 aromatic heterocycles. The lowest BCUT2D eigenvalue weighted by Gasteiger charge is -2.17. The first-order chi connectivity index (χ1) is 12.9. The maximum Gasteiger partial charge on any atom is 0.291 e. The molecule has 11 heteroatoms. The summed E-state index contributed by atoms with van der Waals surface area (Å²) in [5.41, 5.74) is 0.468. The van der Waals surface area contributed by atoms with Gasteiger partial charge in [0.2, 0.25) is 11.0 Å². The number of anilines is 2. The van der Waals surface area contributed by atoms with Crippen molar-refractivity contribution in [2.75, 3.05) is 23.1 Å². The van der Waals surface area contributed by atoms with Crippen molar-refractivity contribution in [1.82, 2.24) is 15.1 Å². The second-order valence-corrected chi connectivity index (χ2v) is 8.76. The van der Waals surface area contributed by atoms with E-state index >= 15 is 0 Å². The fourth-order valence-electron chi connectivity index (χ4n) is 2.61. The van der Waals surface area contributed by atoms with Gasteiger partial charge in [0.1, 0.15) is 0 Å². The molecule has 0 unspecified atom stereocenters. The second-order valence-electron chi connectivity index (χ2n) is 5.93. The van der Waals surface area contributed by atoms with Crippen LogP contribution in [0.25, 0.3) is 0 Å². The van der Waals surface area contributed by atoms with Crippen LogP contribution in [0.1, 0.15) is 36.5 Å². The van der Waals surface area contributed by atoms with Gasteiger partial charge in [-0.15, -0.1) is 10.2 Å². The van der Waals surface area contributed by atoms with Gasteiger partial charge < -0.3 is 10.2 Å². The number of hydrogen-bond donors (Lipinski definition) is 2. The second kappa shape index (κ2) is 8.01. The first kappa shape index (κ1) is 19.2. The Kier molecular flexibility index (Phi) is 5.71. The average Bonchev–Trinajstić information content (AvgIpc) is 3.33. The molecule has 2 N–H and O–H groups in total. The van der Waals surface area contributed by atoms with Gasteiger partial charge in [-0.05, 0) is 25.0 Å². The lowest BCUT2D eigenvalue weighted by molar-refractivity contribution is -0.115. The summed E-state index contributed by atoms with van der Waals surface area (Å²) in [6.07, 6.45) is 2.12. The molecule has 2 aromatic rings. The topological polar surface area (TPSA) is 121 Å². The normalized spacial score (nSPS) is 14.2. The fourth-order valence-corrected chi connectivity index (χ4v) is 4.61. The molecule has 1 fully saturated rings. The highest BCUT2D eigenvalue weighted by Gasteiger charge is 2.26. The third-order valence-corrected chi connectivity index (χ3v) is 6.57. The standard InChI is InChI=1S/C16H19N5O4S2/c1-2-13(22)17-15-18-19-16(26-15)27(24,25)20-12-8-4-3-7-11(12)14(23)21-9-5-6-10-21/h3-4,7-8,20H,2,5-6,9-10H2,1H3,(H,17,18,22). The average molecular weight is 409 g/mol. The molecule has 0 saturated carbocycles. The predicted octanol–water partition coefficient (Wildman–Crippen LogP) is 1.92. The highest BCUT2D eigenvalue weighted by molar-refractivity contribution is 7.94. The molecule has 1 aliphatic heterocycles. The Morgan fingerprint density at radius 3 is 2.59 bits per heavy atom. The molecule has 0 spiro atoms. The zero-order chi connectivity index (χ0) is 19.4. The van der Waals surface area contributed by atoms with E-state index in [4.69, 9.17) is 0 Å². The molecule has 1 aromatic carbocycles. The summed E-state index contributed by atoms with van der Waals surface area (Å²) in [6, 6.07) is 6.45. The van der Waals surface area contributed by atoms with Gasteiger partial charge in [0.25, 0.3) is 20.3 Å². The Morgan fingerprint density at radius 1 is 1.19 bits per heavy atom. The third-order valence-electron chi connectivity index (χ3n) is 4.00. The number of nitrogens with zero attached hydrogens (tertiary/aromatic N) is 3. The van der Waals surface area contributed by atoms with Crippen molar-refractivity contribution in [3.05, 3.63) is 29.8 Å². The van der Waals surface area contributed by atoms with E-state index in [1.54, 1.807) is 30.0 Å². The number of para-hydroxylation sites is 1. The van der Waals surface area contributed by atoms with Gasteiger partial charge in [-0.3, -0.25) is 14.3 Å². The van der Waals surface area contributed by atoms with Crippen LogP contribution in [0.15, 0.2) is 28.6 Å². The van der Waals surface area contributed by atoms with Crippen LogP contribution in [0.4, 0.5) is 10.8 Å². The highest BCUT2D eigenvalue weighted by atomic mass is 32.2. The smallest absolute Gasteiger partial charge is 0.291 e. The van der Waals surface area contributed by atoms with E-state index < -0.39 is 10.0 Å². The van der Waals surface area contributed by atoms with Crippen LogP contribution in [0.3, 0.4) is 0 Å². The van der Waals surface area contributed by atoms with Gasteiger partial charge in [-0.25, -0.2) is 0 Å². The summed E-state index contributed by atoms with van der Waals surface area (Å²) in [6.45, 7) is 3.00. The van der Waals surface area contributed by atoms with Crippen LogP contribution >= 0.6 is 11.3 Å². The first-order valence-corrected chi connectivity index (χ1v) is 10.7. The summed E-state index contributed by atoms with van der Waals surface area (Å²) >= 11 is 0.742. The Hall–Kier alpha value is -2.53. The van der Waals surface area contributed by atoms with Gasteiger partial charge in [0.15, 0.2) is 0 Å². The molecule has 0 atom stereocenters. The molecule has 2 amide bonds. The third kappa shape index (κ3) is 4.42. The van der Waals surface area contributed by atoms with E-state index in [0.29, 0.717) is 13.1 Å². The van der Waals surface area contributed by atoms with E-state index in [1.165, 1.54) is 6.07 Å². The van der Waals surface area contributed by atoms with Crippen LogP contribution in [0.5, 0.6) is 0 Å². The zero-order valence-electron chi connectivity index (χ0n) is 14.6. The summed E-state index contributed by atoms with van der Waals surface area (Å²) in [7, 11) is -4.04. The van der Waals surface area contributed by atoms with Crippen molar-refractivity contribution in [3.63, 3.8) is 0 Å². The van der Waals surface area contributed by atoms with Gasteiger partial charge in [0, 0.05) is 19.5 Å². The van der Waals surface area contributed by atoms with Crippen LogP contribution in [0.2, 0.25) is 0 Å². The number of carbonyl (C=O) groups excluding carboxylic acids is 2. The number of hydrogen-bond acceptors (Lipinski definition) is 7. The maximum absolute atomic E-state index is 12.7. The minimum Gasteiger partial charge on any atom is -0.339 e. The van der Waals surface area contributed by atoms with Crippen molar-refractivity contribution in [1.29, 1.82) is 0 Å². The molecule has 0 radical (unpaired) electrons. The minimum absolute atomic E-state index is 0.101. The van der Waals surface area contributed by atoms with E-state index in [2.05, 4.69) is 20.2 Å². The number of carbonyl (C=O) groups is 2. The monoisotopic (exact) mass is 409 g/mol. The number of amides is 2. The van der Waals surface area contributed by atoms with Crippen molar-refractivity contribution in [2.24, 2.45) is 0 Å². The molecule has 144 valence electrons. The van der Waals surface area contributed by atoms with Crippen LogP contribution in [0, 0.1) is 0 Å². The van der Waals surface area contributed by atoms with E-state index in [-0.39, 0.29) is 39.0 Å². The predicted molar refractivity (Wildman–Crippen MR) is 101 cm³/mol. The number of rotatable bonds is 6. The Bertz CT molecular complexity index is 951. The largest absolute Gasteiger partial charge is 0.339 e. The summed E-state index contributed by atoms with van der Waals surface area (Å²) < 4.78 is 27.4. The van der Waals surface area contributed by atoms with Crippen molar-refractivity contribution in [3.8, 4) is 0 Å². The van der Waals surface area contributed by atoms with Crippen molar-refractivity contribution >= 4 is 44.0 Å². The molecule has 3 rings (SSSR count). The molecule has 0 aliphatic carbocycles. The van der Waals surface area contributed by atoms with Gasteiger partial charge in [-0.1, -0.05) is 30.4 Å². The first-order valence-electron chi connectivity index (χ1n) is 8.45. The van der Waals surface area contributed by atoms with E-state index in [9.17, 15) is 18.0 Å². The molecule has 1 saturated heterocycles. The molecular weight excluding hydrogens is 390 g/mol. The molecule has 1 aliphatic rings. The number of nitrogens with one attached hydrogen (secondary N) is 2. The number of aromatic nitrogens is 2. The lowest BCUT2D eigenvalue weighted by atomic mass is 10.1. The van der Waals surface area contributed by atoms with Crippen LogP contribution in [-0.4, -0.2) is 48.4 Å². The molecule has 9 nitrogen and oxygen atoms in total. The summed E-state index contributed by atoms with van der Waals surface area (Å²) in [5.74, 6) is -0.497. The zero-order valence-corrected chi connectivity index (χ0v) is 16.3. The van der Waals surface area contributed by atoms with Crippen molar-refractivity contribution < 1.29 is 18.0 Å². The van der Waals surface area contributed by atoms with Gasteiger partial charge in [-0.2, -0.15) is 8.42 Å².